The third-order valence-corrected chi connectivity index (χ3v) is 2.96. The van der Waals surface area contributed by atoms with E-state index in [1.807, 2.05) is 0 Å². The van der Waals surface area contributed by atoms with E-state index < -0.39 is 17.7 Å². The molecule has 1 aliphatic heterocycles. The van der Waals surface area contributed by atoms with Gasteiger partial charge in [-0.25, -0.2) is 8.78 Å². The summed E-state index contributed by atoms with van der Waals surface area (Å²) >= 11 is 0. The molecule has 2 rings (SSSR count). The third-order valence-electron chi connectivity index (χ3n) is 2.96. The van der Waals surface area contributed by atoms with Crippen molar-refractivity contribution in [3.8, 4) is 0 Å². The van der Waals surface area contributed by atoms with Crippen molar-refractivity contribution in [3.63, 3.8) is 0 Å². The summed E-state index contributed by atoms with van der Waals surface area (Å²) in [4.78, 5) is 0. The van der Waals surface area contributed by atoms with E-state index in [0.717, 1.165) is 12.8 Å². The molecule has 4 heteroatoms. The zero-order valence-electron chi connectivity index (χ0n) is 8.83. The second-order valence-corrected chi connectivity index (χ2v) is 4.01. The van der Waals surface area contributed by atoms with Crippen molar-refractivity contribution in [2.75, 3.05) is 13.2 Å². The van der Waals surface area contributed by atoms with Crippen LogP contribution in [-0.2, 0) is 4.74 Å². The van der Waals surface area contributed by atoms with Gasteiger partial charge in [-0.05, 0) is 25.0 Å². The van der Waals surface area contributed by atoms with Gasteiger partial charge in [0.1, 0.15) is 11.6 Å². The van der Waals surface area contributed by atoms with Gasteiger partial charge in [0.15, 0.2) is 0 Å². The molecule has 1 N–H and O–H groups in total. The average molecular weight is 228 g/mol. The van der Waals surface area contributed by atoms with Gasteiger partial charge in [-0.3, -0.25) is 0 Å². The second-order valence-electron chi connectivity index (χ2n) is 4.01. The minimum atomic E-state index is -0.667. The van der Waals surface area contributed by atoms with Crippen LogP contribution in [-0.4, -0.2) is 18.3 Å². The minimum absolute atomic E-state index is 0.0544. The number of hydrogen-bond donors (Lipinski definition) is 1. The summed E-state index contributed by atoms with van der Waals surface area (Å²) in [6.07, 6.45) is 0.882. The van der Waals surface area contributed by atoms with Gasteiger partial charge < -0.3 is 9.84 Å². The summed E-state index contributed by atoms with van der Waals surface area (Å²) in [7, 11) is 0. The summed E-state index contributed by atoms with van der Waals surface area (Å²) in [5.41, 5.74) is -0.0544. The van der Waals surface area contributed by atoms with Crippen LogP contribution >= 0.6 is 0 Å². The van der Waals surface area contributed by atoms with Crippen LogP contribution in [0.25, 0.3) is 0 Å². The lowest BCUT2D eigenvalue weighted by molar-refractivity contribution is -0.0491. The summed E-state index contributed by atoms with van der Waals surface area (Å²) in [5.74, 6) is -1.43. The Morgan fingerprint density at radius 2 is 2.00 bits per heavy atom. The van der Waals surface area contributed by atoms with Crippen molar-refractivity contribution in [1.82, 2.24) is 0 Å². The van der Waals surface area contributed by atoms with Crippen LogP contribution in [0.2, 0.25) is 0 Å². The van der Waals surface area contributed by atoms with Crippen LogP contribution in [0.15, 0.2) is 18.2 Å². The van der Waals surface area contributed by atoms with Gasteiger partial charge in [-0.15, -0.1) is 0 Å². The third kappa shape index (κ3) is 2.08. The van der Waals surface area contributed by atoms with Gasteiger partial charge in [0.05, 0.1) is 11.7 Å². The molecule has 1 heterocycles. The molecule has 0 saturated carbocycles. The van der Waals surface area contributed by atoms with Crippen molar-refractivity contribution in [3.05, 3.63) is 35.4 Å². The fourth-order valence-electron chi connectivity index (χ4n) is 2.13. The molecule has 0 radical (unpaired) electrons. The van der Waals surface area contributed by atoms with E-state index in [4.69, 9.17) is 4.74 Å². The Morgan fingerprint density at radius 3 is 2.62 bits per heavy atom. The predicted molar refractivity (Wildman–Crippen MR) is 54.9 cm³/mol. The topological polar surface area (TPSA) is 29.5 Å². The smallest absolute Gasteiger partial charge is 0.131 e. The molecule has 1 aromatic carbocycles. The first-order valence-corrected chi connectivity index (χ1v) is 5.40. The Morgan fingerprint density at radius 1 is 1.31 bits per heavy atom. The maximum Gasteiger partial charge on any atom is 0.131 e. The fourth-order valence-corrected chi connectivity index (χ4v) is 2.13. The molecule has 88 valence electrons. The molecular formula is C12H14F2O2. The number of halogens is 2. The zero-order chi connectivity index (χ0) is 11.5. The largest absolute Gasteiger partial charge is 0.396 e. The molecule has 16 heavy (non-hydrogen) atoms. The van der Waals surface area contributed by atoms with Gasteiger partial charge >= 0.3 is 0 Å². The molecule has 1 aliphatic rings. The van der Waals surface area contributed by atoms with Crippen LogP contribution in [0, 0.1) is 17.6 Å². The number of hydrogen-bond acceptors (Lipinski definition) is 2. The van der Waals surface area contributed by atoms with Crippen LogP contribution in [0.4, 0.5) is 8.78 Å². The molecule has 0 aromatic heterocycles. The highest BCUT2D eigenvalue weighted by molar-refractivity contribution is 5.23. The normalized spacial score (nSPS) is 25.7. The lowest BCUT2D eigenvalue weighted by Gasteiger charge is -2.31. The second kappa shape index (κ2) is 4.89. The standard InChI is InChI=1S/C12H14F2O2/c13-9-4-1-5-10(14)11(9)12-8(7-15)3-2-6-16-12/h1,4-5,8,12,15H,2-3,6-7H2. The molecule has 1 aromatic rings. The van der Waals surface area contributed by atoms with E-state index >= 15 is 0 Å². The van der Waals surface area contributed by atoms with E-state index in [1.165, 1.54) is 18.2 Å². The number of aliphatic hydroxyl groups excluding tert-OH is 1. The first-order chi connectivity index (χ1) is 7.74. The maximum atomic E-state index is 13.5. The highest BCUT2D eigenvalue weighted by Crippen LogP contribution is 2.35. The number of rotatable bonds is 2. The monoisotopic (exact) mass is 228 g/mol. The molecule has 0 amide bonds. The summed E-state index contributed by atoms with van der Waals surface area (Å²) in [6.45, 7) is 0.368. The van der Waals surface area contributed by atoms with Crippen molar-refractivity contribution in [2.24, 2.45) is 5.92 Å². The van der Waals surface area contributed by atoms with Crippen LogP contribution < -0.4 is 0 Å². The number of ether oxygens (including phenoxy) is 1. The molecule has 2 unspecified atom stereocenters. The highest BCUT2D eigenvalue weighted by Gasteiger charge is 2.31. The van der Waals surface area contributed by atoms with Crippen molar-refractivity contribution in [2.45, 2.75) is 18.9 Å². The average Bonchev–Trinajstić information content (AvgIpc) is 2.29. The Hall–Kier alpha value is -1.00. The molecule has 1 saturated heterocycles. The summed E-state index contributed by atoms with van der Waals surface area (Å²) < 4.78 is 32.5. The van der Waals surface area contributed by atoms with E-state index in [0.29, 0.717) is 6.61 Å². The van der Waals surface area contributed by atoms with Crippen molar-refractivity contribution in [1.29, 1.82) is 0 Å². The SMILES string of the molecule is OCC1CCCOC1c1c(F)cccc1F. The Labute approximate surface area is 92.9 Å². The lowest BCUT2D eigenvalue weighted by Crippen LogP contribution is -2.26. The van der Waals surface area contributed by atoms with E-state index in [1.54, 1.807) is 0 Å². The lowest BCUT2D eigenvalue weighted by atomic mass is 9.89. The molecule has 1 fully saturated rings. The van der Waals surface area contributed by atoms with E-state index in [2.05, 4.69) is 0 Å². The zero-order valence-corrected chi connectivity index (χ0v) is 8.83. The molecule has 2 atom stereocenters. The minimum Gasteiger partial charge on any atom is -0.396 e. The maximum absolute atomic E-state index is 13.5. The van der Waals surface area contributed by atoms with Crippen molar-refractivity contribution >= 4 is 0 Å². The van der Waals surface area contributed by atoms with Crippen molar-refractivity contribution < 1.29 is 18.6 Å². The van der Waals surface area contributed by atoms with Gasteiger partial charge in [0.2, 0.25) is 0 Å². The molecule has 2 nitrogen and oxygen atoms in total. The molecule has 0 spiro atoms. The Bertz CT molecular complexity index is 348. The van der Waals surface area contributed by atoms with Gasteiger partial charge in [0, 0.05) is 19.1 Å². The highest BCUT2D eigenvalue weighted by atomic mass is 19.1. The fraction of sp³-hybridized carbons (Fsp3) is 0.500. The number of benzene rings is 1. The number of aliphatic hydroxyl groups is 1. The van der Waals surface area contributed by atoms with Crippen LogP contribution in [0.1, 0.15) is 24.5 Å². The first kappa shape index (κ1) is 11.5. The quantitative estimate of drug-likeness (QED) is 0.842. The predicted octanol–water partition coefficient (Wildman–Crippen LogP) is 2.42. The molecular weight excluding hydrogens is 214 g/mol. The summed E-state index contributed by atoms with van der Waals surface area (Å²) in [5, 5.41) is 9.18. The van der Waals surface area contributed by atoms with Crippen LogP contribution in [0.5, 0.6) is 0 Å². The first-order valence-electron chi connectivity index (χ1n) is 5.40. The van der Waals surface area contributed by atoms with E-state index in [-0.39, 0.29) is 18.1 Å². The Kier molecular flexibility index (Phi) is 3.51. The summed E-state index contributed by atoms with van der Waals surface area (Å²) in [6, 6.07) is 3.75. The van der Waals surface area contributed by atoms with Gasteiger partial charge in [-0.2, -0.15) is 0 Å². The molecule has 0 bridgehead atoms. The van der Waals surface area contributed by atoms with Crippen LogP contribution in [0.3, 0.4) is 0 Å². The van der Waals surface area contributed by atoms with E-state index in [9.17, 15) is 13.9 Å². The Balaban J connectivity index is 2.34. The van der Waals surface area contributed by atoms with Gasteiger partial charge in [0.25, 0.3) is 0 Å². The molecule has 0 aliphatic carbocycles. The van der Waals surface area contributed by atoms with Gasteiger partial charge in [-0.1, -0.05) is 6.07 Å².